The molecule has 1 unspecified atom stereocenters. The summed E-state index contributed by atoms with van der Waals surface area (Å²) < 4.78 is 29.9. The zero-order valence-electron chi connectivity index (χ0n) is 21.0. The molecule has 1 aliphatic rings. The molecule has 2 aromatic carbocycles. The van der Waals surface area contributed by atoms with Crippen LogP contribution in [0.25, 0.3) is 0 Å². The maximum atomic E-state index is 13.7. The summed E-state index contributed by atoms with van der Waals surface area (Å²) in [7, 11) is 3.18. The first kappa shape index (κ1) is 26.6. The Morgan fingerprint density at radius 2 is 1.92 bits per heavy atom. The number of amides is 2. The predicted molar refractivity (Wildman–Crippen MR) is 140 cm³/mol. The highest BCUT2D eigenvalue weighted by Crippen LogP contribution is 2.34. The second-order valence-electron chi connectivity index (χ2n) is 8.72. The molecule has 1 aromatic heterocycles. The molecule has 2 heterocycles. The molecule has 0 N–H and O–H groups in total. The molecule has 4 rings (SSSR count). The lowest BCUT2D eigenvalue weighted by Gasteiger charge is -2.37. The van der Waals surface area contributed by atoms with Gasteiger partial charge in [0.05, 0.1) is 13.2 Å². The summed E-state index contributed by atoms with van der Waals surface area (Å²) >= 11 is 1.66. The van der Waals surface area contributed by atoms with E-state index in [4.69, 9.17) is 14.2 Å². The van der Waals surface area contributed by atoms with Crippen molar-refractivity contribution in [1.29, 1.82) is 0 Å². The van der Waals surface area contributed by atoms with Crippen LogP contribution in [0.3, 0.4) is 0 Å². The molecule has 0 saturated heterocycles. The topological polar surface area (TPSA) is 68.3 Å². The molecule has 0 bridgehead atoms. The number of carbonyl (C=O) groups is 2. The number of ether oxygens (including phenoxy) is 3. The van der Waals surface area contributed by atoms with Crippen molar-refractivity contribution < 1.29 is 28.2 Å². The van der Waals surface area contributed by atoms with E-state index in [9.17, 15) is 14.0 Å². The van der Waals surface area contributed by atoms with E-state index in [1.54, 1.807) is 71.8 Å². The zero-order valence-corrected chi connectivity index (χ0v) is 21.8. The fraction of sp³-hybridized carbons (Fsp3) is 0.357. The van der Waals surface area contributed by atoms with Crippen molar-refractivity contribution in [2.45, 2.75) is 18.9 Å². The molecule has 0 saturated carbocycles. The maximum absolute atomic E-state index is 13.7. The van der Waals surface area contributed by atoms with E-state index in [0.717, 1.165) is 12.0 Å². The summed E-state index contributed by atoms with van der Waals surface area (Å²) in [5.74, 6) is 0.288. The van der Waals surface area contributed by atoms with Gasteiger partial charge in [0, 0.05) is 43.3 Å². The van der Waals surface area contributed by atoms with E-state index in [2.05, 4.69) is 0 Å². The van der Waals surface area contributed by atoms with Gasteiger partial charge in [-0.2, -0.15) is 0 Å². The molecule has 1 atom stereocenters. The number of benzene rings is 2. The lowest BCUT2D eigenvalue weighted by Crippen LogP contribution is -2.48. The van der Waals surface area contributed by atoms with Crippen molar-refractivity contribution in [3.8, 4) is 11.5 Å². The van der Waals surface area contributed by atoms with Crippen LogP contribution in [0.15, 0.2) is 60.0 Å². The van der Waals surface area contributed by atoms with Gasteiger partial charge in [-0.05, 0) is 66.2 Å². The molecule has 0 aliphatic carbocycles. The number of hydrogen-bond acceptors (Lipinski definition) is 6. The zero-order chi connectivity index (χ0) is 26.2. The lowest BCUT2D eigenvalue weighted by molar-refractivity contribution is -0.135. The summed E-state index contributed by atoms with van der Waals surface area (Å²) in [6, 6.07) is 14.5. The Kier molecular flexibility index (Phi) is 9.14. The van der Waals surface area contributed by atoms with Crippen molar-refractivity contribution in [2.24, 2.45) is 0 Å². The van der Waals surface area contributed by atoms with E-state index < -0.39 is 0 Å². The summed E-state index contributed by atoms with van der Waals surface area (Å²) in [4.78, 5) is 31.6. The van der Waals surface area contributed by atoms with Crippen molar-refractivity contribution in [1.82, 2.24) is 9.80 Å². The van der Waals surface area contributed by atoms with E-state index in [0.29, 0.717) is 43.2 Å². The largest absolute Gasteiger partial charge is 0.497 e. The van der Waals surface area contributed by atoms with Crippen molar-refractivity contribution in [3.63, 3.8) is 0 Å². The Labute approximate surface area is 220 Å². The van der Waals surface area contributed by atoms with Crippen LogP contribution in [0.1, 0.15) is 33.3 Å². The molecule has 196 valence electrons. The molecule has 0 spiro atoms. The predicted octanol–water partition coefficient (Wildman–Crippen LogP) is 4.58. The van der Waals surface area contributed by atoms with Gasteiger partial charge in [0.1, 0.15) is 30.5 Å². The smallest absolute Gasteiger partial charge is 0.254 e. The molecular weight excluding hydrogens is 495 g/mol. The van der Waals surface area contributed by atoms with E-state index >= 15 is 0 Å². The van der Waals surface area contributed by atoms with Gasteiger partial charge in [0.2, 0.25) is 5.91 Å². The number of halogens is 1. The van der Waals surface area contributed by atoms with Crippen LogP contribution in [0.2, 0.25) is 0 Å². The Bertz CT molecular complexity index is 1200. The highest BCUT2D eigenvalue weighted by Gasteiger charge is 2.33. The van der Waals surface area contributed by atoms with E-state index in [-0.39, 0.29) is 36.8 Å². The molecule has 7 nitrogen and oxygen atoms in total. The quantitative estimate of drug-likeness (QED) is 0.342. The van der Waals surface area contributed by atoms with Crippen LogP contribution in [-0.4, -0.2) is 68.7 Å². The van der Waals surface area contributed by atoms with Gasteiger partial charge < -0.3 is 24.0 Å². The third kappa shape index (κ3) is 6.67. The molecule has 0 radical (unpaired) electrons. The Balaban J connectivity index is 1.51. The van der Waals surface area contributed by atoms with Crippen LogP contribution in [0, 0.1) is 5.82 Å². The van der Waals surface area contributed by atoms with Crippen LogP contribution in [0.4, 0.5) is 4.39 Å². The number of carbonyl (C=O) groups excluding carboxylic acids is 2. The van der Waals surface area contributed by atoms with Crippen LogP contribution in [-0.2, 0) is 16.0 Å². The number of fused-ring (bicyclic) bond motifs is 1. The highest BCUT2D eigenvalue weighted by molar-refractivity contribution is 7.10. The highest BCUT2D eigenvalue weighted by atomic mass is 32.1. The minimum absolute atomic E-state index is 0.0650. The van der Waals surface area contributed by atoms with Crippen molar-refractivity contribution >= 4 is 23.2 Å². The summed E-state index contributed by atoms with van der Waals surface area (Å²) in [6.07, 6.45) is 1.35. The van der Waals surface area contributed by atoms with Crippen LogP contribution >= 0.6 is 11.3 Å². The second-order valence-corrected chi connectivity index (χ2v) is 9.72. The van der Waals surface area contributed by atoms with Crippen LogP contribution < -0.4 is 9.47 Å². The first-order valence-corrected chi connectivity index (χ1v) is 13.0. The monoisotopic (exact) mass is 526 g/mol. The minimum Gasteiger partial charge on any atom is -0.497 e. The summed E-state index contributed by atoms with van der Waals surface area (Å²) in [5.41, 5.74) is 1.52. The van der Waals surface area contributed by atoms with Crippen LogP contribution in [0.5, 0.6) is 11.5 Å². The third-order valence-electron chi connectivity index (χ3n) is 6.35. The molecular formula is C28H31FN2O5S. The normalized spacial score (nSPS) is 14.7. The lowest BCUT2D eigenvalue weighted by atomic mass is 10.0. The van der Waals surface area contributed by atoms with Gasteiger partial charge in [-0.15, -0.1) is 11.3 Å². The number of nitrogens with zero attached hydrogens (tertiary/aromatic N) is 2. The molecule has 9 heteroatoms. The Morgan fingerprint density at radius 3 is 2.65 bits per heavy atom. The van der Waals surface area contributed by atoms with E-state index in [1.807, 2.05) is 11.4 Å². The van der Waals surface area contributed by atoms with Gasteiger partial charge in [0.15, 0.2) is 0 Å². The SMILES string of the molecule is COCCCN(CC(=O)N1CCc2sccc2C1COc1cccc(F)c1)C(=O)c1ccc(OC)cc1. The first-order valence-electron chi connectivity index (χ1n) is 12.2. The second kappa shape index (κ2) is 12.7. The Morgan fingerprint density at radius 1 is 1.11 bits per heavy atom. The van der Waals surface area contributed by atoms with E-state index in [1.165, 1.54) is 17.0 Å². The maximum Gasteiger partial charge on any atom is 0.254 e. The fourth-order valence-corrected chi connectivity index (χ4v) is 5.36. The number of methoxy groups -OCH3 is 2. The van der Waals surface area contributed by atoms with Gasteiger partial charge in [0.25, 0.3) is 5.91 Å². The fourth-order valence-electron chi connectivity index (χ4n) is 4.43. The summed E-state index contributed by atoms with van der Waals surface area (Å²) in [5, 5.41) is 2.01. The number of rotatable bonds is 11. The van der Waals surface area contributed by atoms with Crippen molar-refractivity contribution in [3.05, 3.63) is 81.8 Å². The standard InChI is InChI=1S/C28H31FN2O5S/c1-34-15-4-13-30(28(33)20-7-9-22(35-2)10-8-20)18-27(32)31-14-11-26-24(12-16-37-26)25(31)19-36-23-6-3-5-21(29)17-23/h3,5-10,12,16-17,25H,4,11,13-15,18-19H2,1-2H3. The average Bonchev–Trinajstić information content (AvgIpc) is 3.40. The Hall–Kier alpha value is -3.43. The molecule has 0 fully saturated rings. The first-order chi connectivity index (χ1) is 18.0. The van der Waals surface area contributed by atoms with Gasteiger partial charge in [-0.25, -0.2) is 4.39 Å². The van der Waals surface area contributed by atoms with Gasteiger partial charge in [-0.1, -0.05) is 6.07 Å². The average molecular weight is 527 g/mol. The van der Waals surface area contributed by atoms with Crippen molar-refractivity contribution in [2.75, 3.05) is 47.1 Å². The molecule has 1 aliphatic heterocycles. The molecule has 37 heavy (non-hydrogen) atoms. The number of hydrogen-bond donors (Lipinski definition) is 0. The molecule has 3 aromatic rings. The van der Waals surface area contributed by atoms with Gasteiger partial charge in [-0.3, -0.25) is 9.59 Å². The number of thiophene rings is 1. The van der Waals surface area contributed by atoms with Gasteiger partial charge >= 0.3 is 0 Å². The third-order valence-corrected chi connectivity index (χ3v) is 7.34. The molecule has 2 amide bonds. The summed E-state index contributed by atoms with van der Waals surface area (Å²) in [6.45, 7) is 1.50. The minimum atomic E-state index is -0.381.